The Balaban J connectivity index is 0.00000300. The number of nitrogens with one attached hydrogen (secondary N) is 2. The van der Waals surface area contributed by atoms with Gasteiger partial charge in [0.15, 0.2) is 5.96 Å². The highest BCUT2D eigenvalue weighted by Crippen LogP contribution is 2.25. The van der Waals surface area contributed by atoms with Crippen LogP contribution in [-0.4, -0.2) is 65.6 Å². The van der Waals surface area contributed by atoms with Gasteiger partial charge in [-0.25, -0.2) is 13.1 Å². The van der Waals surface area contributed by atoms with Gasteiger partial charge in [-0.1, -0.05) is 29.8 Å². The van der Waals surface area contributed by atoms with Crippen molar-refractivity contribution in [2.45, 2.75) is 4.21 Å². The number of thiophene rings is 1. The van der Waals surface area contributed by atoms with Crippen LogP contribution in [0.1, 0.15) is 0 Å². The molecular formula is C18H25ClIN5O2S2. The van der Waals surface area contributed by atoms with Gasteiger partial charge < -0.3 is 15.1 Å². The van der Waals surface area contributed by atoms with Crippen molar-refractivity contribution >= 4 is 68.6 Å². The number of anilines is 1. The Labute approximate surface area is 198 Å². The van der Waals surface area contributed by atoms with Crippen molar-refractivity contribution in [1.29, 1.82) is 0 Å². The minimum absolute atomic E-state index is 0. The van der Waals surface area contributed by atoms with Crippen molar-refractivity contribution in [2.75, 3.05) is 51.2 Å². The third-order valence-electron chi connectivity index (χ3n) is 4.43. The number of piperazine rings is 1. The van der Waals surface area contributed by atoms with Crippen LogP contribution in [0, 0.1) is 0 Å². The molecule has 29 heavy (non-hydrogen) atoms. The maximum Gasteiger partial charge on any atom is 0.250 e. The smallest absolute Gasteiger partial charge is 0.250 e. The normalized spacial score (nSPS) is 15.2. The number of benzene rings is 1. The van der Waals surface area contributed by atoms with Gasteiger partial charge in [-0.05, 0) is 24.3 Å². The SMILES string of the molecule is CN=C(NCCNS(=O)(=O)c1ccc(Cl)s1)N1CCN(c2ccccc2)CC1.I. The van der Waals surface area contributed by atoms with Gasteiger partial charge in [0.2, 0.25) is 10.0 Å². The minimum atomic E-state index is -3.52. The number of rotatable bonds is 6. The largest absolute Gasteiger partial charge is 0.368 e. The van der Waals surface area contributed by atoms with E-state index in [1.807, 2.05) is 18.2 Å². The average molecular weight is 570 g/mol. The summed E-state index contributed by atoms with van der Waals surface area (Å²) in [5.41, 5.74) is 1.23. The number of nitrogens with zero attached hydrogens (tertiary/aromatic N) is 3. The topological polar surface area (TPSA) is 77.0 Å². The summed E-state index contributed by atoms with van der Waals surface area (Å²) in [6.45, 7) is 4.25. The van der Waals surface area contributed by atoms with Crippen LogP contribution >= 0.6 is 46.9 Å². The number of para-hydroxylation sites is 1. The molecule has 1 aliphatic heterocycles. The van der Waals surface area contributed by atoms with Crippen molar-refractivity contribution < 1.29 is 8.42 Å². The van der Waals surface area contributed by atoms with Gasteiger partial charge in [-0.15, -0.1) is 35.3 Å². The molecule has 2 aromatic rings. The van der Waals surface area contributed by atoms with Gasteiger partial charge in [0.1, 0.15) is 4.21 Å². The van der Waals surface area contributed by atoms with E-state index in [9.17, 15) is 8.42 Å². The molecule has 0 aliphatic carbocycles. The molecule has 7 nitrogen and oxygen atoms in total. The lowest BCUT2D eigenvalue weighted by Gasteiger charge is -2.37. The molecule has 0 saturated carbocycles. The van der Waals surface area contributed by atoms with E-state index >= 15 is 0 Å². The van der Waals surface area contributed by atoms with Gasteiger partial charge in [-0.3, -0.25) is 4.99 Å². The third kappa shape index (κ3) is 6.71. The second kappa shape index (κ2) is 11.3. The Bertz CT molecular complexity index is 900. The Hall–Kier alpha value is -1.08. The van der Waals surface area contributed by atoms with Gasteiger partial charge in [-0.2, -0.15) is 0 Å². The molecule has 1 aromatic heterocycles. The maximum atomic E-state index is 12.2. The monoisotopic (exact) mass is 569 g/mol. The highest BCUT2D eigenvalue weighted by Gasteiger charge is 2.20. The molecule has 0 amide bonds. The fourth-order valence-corrected chi connectivity index (χ4v) is 5.58. The second-order valence-corrected chi connectivity index (χ2v) is 9.95. The molecule has 1 saturated heterocycles. The molecule has 2 heterocycles. The number of halogens is 2. The number of hydrogen-bond acceptors (Lipinski definition) is 5. The number of aliphatic imine (C=N–C) groups is 1. The van der Waals surface area contributed by atoms with E-state index in [-0.39, 0.29) is 34.7 Å². The molecule has 0 spiro atoms. The number of hydrogen-bond donors (Lipinski definition) is 2. The molecule has 0 atom stereocenters. The highest BCUT2D eigenvalue weighted by molar-refractivity contribution is 14.0. The average Bonchev–Trinajstić information content (AvgIpc) is 3.16. The molecule has 1 fully saturated rings. The molecule has 1 aromatic carbocycles. The molecule has 0 bridgehead atoms. The summed E-state index contributed by atoms with van der Waals surface area (Å²) in [5.74, 6) is 0.783. The van der Waals surface area contributed by atoms with Crippen LogP contribution in [0.25, 0.3) is 0 Å². The predicted molar refractivity (Wildman–Crippen MR) is 132 cm³/mol. The minimum Gasteiger partial charge on any atom is -0.368 e. The second-order valence-electron chi connectivity index (χ2n) is 6.24. The molecule has 0 radical (unpaired) electrons. The molecular weight excluding hydrogens is 545 g/mol. The Morgan fingerprint density at radius 3 is 2.38 bits per heavy atom. The Morgan fingerprint density at radius 2 is 1.79 bits per heavy atom. The summed E-state index contributed by atoms with van der Waals surface area (Å²) >= 11 is 6.86. The van der Waals surface area contributed by atoms with Crippen molar-refractivity contribution in [3.05, 3.63) is 46.8 Å². The molecule has 3 rings (SSSR count). The van der Waals surface area contributed by atoms with Crippen LogP contribution in [-0.2, 0) is 10.0 Å². The zero-order chi connectivity index (χ0) is 20.0. The highest BCUT2D eigenvalue weighted by atomic mass is 127. The lowest BCUT2D eigenvalue weighted by atomic mass is 10.2. The molecule has 160 valence electrons. The van der Waals surface area contributed by atoms with Crippen LogP contribution in [0.15, 0.2) is 51.7 Å². The van der Waals surface area contributed by atoms with Crippen molar-refractivity contribution in [3.8, 4) is 0 Å². The quantitative estimate of drug-likeness (QED) is 0.242. The first-order valence-corrected chi connectivity index (χ1v) is 11.7. The van der Waals surface area contributed by atoms with E-state index in [1.54, 1.807) is 13.1 Å². The van der Waals surface area contributed by atoms with Gasteiger partial charge in [0.25, 0.3) is 0 Å². The van der Waals surface area contributed by atoms with Crippen LogP contribution in [0.5, 0.6) is 0 Å². The fourth-order valence-electron chi connectivity index (χ4n) is 3.02. The zero-order valence-electron chi connectivity index (χ0n) is 16.0. The van der Waals surface area contributed by atoms with Crippen LogP contribution < -0.4 is 14.9 Å². The standard InChI is InChI=1S/C18H24ClN5O2S2.HI/c1-20-18(21-9-10-22-28(25,26)17-8-7-16(19)27-17)24-13-11-23(12-14-24)15-5-3-2-4-6-15;/h2-8,22H,9-14H2,1H3,(H,20,21);1H. The lowest BCUT2D eigenvalue weighted by molar-refractivity contribution is 0.373. The van der Waals surface area contributed by atoms with Crippen molar-refractivity contribution in [2.24, 2.45) is 4.99 Å². The van der Waals surface area contributed by atoms with E-state index < -0.39 is 10.0 Å². The van der Waals surface area contributed by atoms with Crippen LogP contribution in [0.4, 0.5) is 5.69 Å². The first kappa shape index (κ1) is 24.2. The van der Waals surface area contributed by atoms with E-state index in [0.29, 0.717) is 10.9 Å². The van der Waals surface area contributed by atoms with Gasteiger partial charge in [0, 0.05) is 52.0 Å². The van der Waals surface area contributed by atoms with E-state index in [1.165, 1.54) is 11.8 Å². The molecule has 0 unspecified atom stereocenters. The van der Waals surface area contributed by atoms with E-state index in [4.69, 9.17) is 11.6 Å². The summed E-state index contributed by atoms with van der Waals surface area (Å²) in [6.07, 6.45) is 0. The fraction of sp³-hybridized carbons (Fsp3) is 0.389. The summed E-state index contributed by atoms with van der Waals surface area (Å²) in [4.78, 5) is 8.86. The maximum absolute atomic E-state index is 12.2. The molecule has 11 heteroatoms. The summed E-state index contributed by atoms with van der Waals surface area (Å²) in [7, 11) is -1.78. The first-order valence-electron chi connectivity index (χ1n) is 9.00. The predicted octanol–water partition coefficient (Wildman–Crippen LogP) is 2.70. The van der Waals surface area contributed by atoms with E-state index in [0.717, 1.165) is 43.5 Å². The van der Waals surface area contributed by atoms with E-state index in [2.05, 4.69) is 37.0 Å². The van der Waals surface area contributed by atoms with Gasteiger partial charge in [0.05, 0.1) is 4.34 Å². The van der Waals surface area contributed by atoms with Crippen LogP contribution in [0.3, 0.4) is 0 Å². The first-order chi connectivity index (χ1) is 13.5. The molecule has 1 aliphatic rings. The van der Waals surface area contributed by atoms with Gasteiger partial charge >= 0.3 is 0 Å². The Morgan fingerprint density at radius 1 is 1.10 bits per heavy atom. The third-order valence-corrected chi connectivity index (χ3v) is 7.61. The summed E-state index contributed by atoms with van der Waals surface area (Å²) < 4.78 is 27.7. The number of guanidine groups is 1. The van der Waals surface area contributed by atoms with Crippen molar-refractivity contribution in [1.82, 2.24) is 14.9 Å². The summed E-state index contributed by atoms with van der Waals surface area (Å²) in [5, 5.41) is 3.23. The number of sulfonamides is 1. The molecule has 2 N–H and O–H groups in total. The Kier molecular flexibility index (Phi) is 9.47. The zero-order valence-corrected chi connectivity index (χ0v) is 20.8. The van der Waals surface area contributed by atoms with Crippen molar-refractivity contribution in [3.63, 3.8) is 0 Å². The summed E-state index contributed by atoms with van der Waals surface area (Å²) in [6, 6.07) is 13.4. The van der Waals surface area contributed by atoms with Crippen LogP contribution in [0.2, 0.25) is 4.34 Å². The lowest BCUT2D eigenvalue weighted by Crippen LogP contribution is -2.53.